The third kappa shape index (κ3) is 5.35. The Morgan fingerprint density at radius 3 is 2.56 bits per heavy atom. The van der Waals surface area contributed by atoms with E-state index in [1.807, 2.05) is 6.92 Å². The molecule has 0 aromatic heterocycles. The van der Waals surface area contributed by atoms with E-state index in [9.17, 15) is 13.2 Å². The Balaban J connectivity index is 2.28. The first-order valence-corrected chi connectivity index (χ1v) is 8.29. The molecule has 0 aromatic rings. The van der Waals surface area contributed by atoms with Gasteiger partial charge in [0.15, 0.2) is 9.84 Å². The summed E-state index contributed by atoms with van der Waals surface area (Å²) >= 11 is 0. The fourth-order valence-electron chi connectivity index (χ4n) is 2.15. The van der Waals surface area contributed by atoms with Crippen molar-refractivity contribution in [2.75, 3.05) is 18.1 Å². The fourth-order valence-corrected chi connectivity index (χ4v) is 4.24. The number of hydrogen-bond donors (Lipinski definition) is 2. The van der Waals surface area contributed by atoms with Crippen LogP contribution >= 0.6 is 0 Å². The molecule has 0 radical (unpaired) electrons. The van der Waals surface area contributed by atoms with Crippen LogP contribution in [0.25, 0.3) is 0 Å². The highest BCUT2D eigenvalue weighted by atomic mass is 32.2. The van der Waals surface area contributed by atoms with Crippen molar-refractivity contribution in [3.63, 3.8) is 0 Å². The fraction of sp³-hybridized carbons (Fsp3) is 0.917. The summed E-state index contributed by atoms with van der Waals surface area (Å²) in [5, 5.41) is 6.09. The number of rotatable bonds is 6. The predicted molar refractivity (Wildman–Crippen MR) is 72.2 cm³/mol. The summed E-state index contributed by atoms with van der Waals surface area (Å²) in [6.45, 7) is 6.73. The Kier molecular flexibility index (Phi) is 5.16. The maximum Gasteiger partial charge on any atom is 0.220 e. The Hall–Kier alpha value is -0.620. The molecule has 1 saturated heterocycles. The molecule has 1 fully saturated rings. The standard InChI is InChI=1S/C12H24N2O3S/c1-10(2)13-7-4-5-11(15)14-12(3)6-8-18(16,17)9-12/h10,13H,4-9H2,1-3H3,(H,14,15). The van der Waals surface area contributed by atoms with Gasteiger partial charge >= 0.3 is 0 Å². The van der Waals surface area contributed by atoms with Crippen LogP contribution in [-0.2, 0) is 14.6 Å². The van der Waals surface area contributed by atoms with E-state index in [0.717, 1.165) is 13.0 Å². The molecule has 1 unspecified atom stereocenters. The molecule has 1 rings (SSSR count). The van der Waals surface area contributed by atoms with Crippen LogP contribution in [0.2, 0.25) is 0 Å². The van der Waals surface area contributed by atoms with E-state index in [0.29, 0.717) is 18.9 Å². The van der Waals surface area contributed by atoms with Crippen LogP contribution in [-0.4, -0.2) is 44.0 Å². The van der Waals surface area contributed by atoms with Gasteiger partial charge in [0.05, 0.1) is 17.0 Å². The summed E-state index contributed by atoms with van der Waals surface area (Å²) in [7, 11) is -2.96. The lowest BCUT2D eigenvalue weighted by Gasteiger charge is -2.23. The van der Waals surface area contributed by atoms with Crippen LogP contribution in [0.3, 0.4) is 0 Å². The third-order valence-electron chi connectivity index (χ3n) is 3.08. The molecule has 2 N–H and O–H groups in total. The Bertz CT molecular complexity index is 392. The van der Waals surface area contributed by atoms with Gasteiger partial charge in [0, 0.05) is 12.5 Å². The molecule has 106 valence electrons. The molecule has 5 nitrogen and oxygen atoms in total. The van der Waals surface area contributed by atoms with E-state index in [1.165, 1.54) is 0 Å². The molecule has 6 heteroatoms. The molecule has 18 heavy (non-hydrogen) atoms. The van der Waals surface area contributed by atoms with Crippen LogP contribution in [0.1, 0.15) is 40.0 Å². The Morgan fingerprint density at radius 2 is 2.06 bits per heavy atom. The zero-order valence-corrected chi connectivity index (χ0v) is 12.3. The first-order chi connectivity index (χ1) is 8.22. The number of carbonyl (C=O) groups excluding carboxylic acids is 1. The summed E-state index contributed by atoms with van der Waals surface area (Å²) in [6, 6.07) is 0.422. The second kappa shape index (κ2) is 6.02. The van der Waals surface area contributed by atoms with Gasteiger partial charge in [-0.05, 0) is 26.3 Å². The Morgan fingerprint density at radius 1 is 1.39 bits per heavy atom. The number of sulfone groups is 1. The Labute approximate surface area is 110 Å². The third-order valence-corrected chi connectivity index (χ3v) is 4.98. The SMILES string of the molecule is CC(C)NCCCC(=O)NC1(C)CCS(=O)(=O)C1. The topological polar surface area (TPSA) is 75.3 Å². The average molecular weight is 276 g/mol. The first kappa shape index (κ1) is 15.4. The van der Waals surface area contributed by atoms with Crippen molar-refractivity contribution in [3.8, 4) is 0 Å². The van der Waals surface area contributed by atoms with E-state index in [-0.39, 0.29) is 17.4 Å². The van der Waals surface area contributed by atoms with Crippen LogP contribution < -0.4 is 10.6 Å². The molecule has 0 aromatic carbocycles. The molecule has 1 atom stereocenters. The highest BCUT2D eigenvalue weighted by Crippen LogP contribution is 2.22. The van der Waals surface area contributed by atoms with Crippen LogP contribution in [0, 0.1) is 0 Å². The quantitative estimate of drug-likeness (QED) is 0.691. The predicted octanol–water partition coefficient (Wildman–Crippen LogP) is 0.458. The second-order valence-electron chi connectivity index (χ2n) is 5.66. The lowest BCUT2D eigenvalue weighted by atomic mass is 10.0. The minimum Gasteiger partial charge on any atom is -0.350 e. The van der Waals surface area contributed by atoms with Gasteiger partial charge in [-0.1, -0.05) is 13.8 Å². The number of carbonyl (C=O) groups is 1. The van der Waals surface area contributed by atoms with E-state index in [2.05, 4.69) is 24.5 Å². The largest absolute Gasteiger partial charge is 0.350 e. The van der Waals surface area contributed by atoms with Crippen molar-refractivity contribution in [3.05, 3.63) is 0 Å². The minimum atomic E-state index is -2.96. The zero-order valence-electron chi connectivity index (χ0n) is 11.5. The van der Waals surface area contributed by atoms with Crippen molar-refractivity contribution < 1.29 is 13.2 Å². The highest BCUT2D eigenvalue weighted by Gasteiger charge is 2.39. The van der Waals surface area contributed by atoms with Crippen molar-refractivity contribution in [1.29, 1.82) is 0 Å². The lowest BCUT2D eigenvalue weighted by molar-refractivity contribution is -0.122. The summed E-state index contributed by atoms with van der Waals surface area (Å²) in [4.78, 5) is 11.7. The van der Waals surface area contributed by atoms with Crippen LogP contribution in [0.15, 0.2) is 0 Å². The highest BCUT2D eigenvalue weighted by molar-refractivity contribution is 7.91. The van der Waals surface area contributed by atoms with E-state index in [1.54, 1.807) is 0 Å². The summed E-state index contributed by atoms with van der Waals surface area (Å²) in [6.07, 6.45) is 1.73. The van der Waals surface area contributed by atoms with Gasteiger partial charge in [0.2, 0.25) is 5.91 Å². The van der Waals surface area contributed by atoms with Gasteiger partial charge in [-0.25, -0.2) is 8.42 Å². The number of hydrogen-bond acceptors (Lipinski definition) is 4. The van der Waals surface area contributed by atoms with E-state index in [4.69, 9.17) is 0 Å². The molecular weight excluding hydrogens is 252 g/mol. The molecular formula is C12H24N2O3S. The number of nitrogens with one attached hydrogen (secondary N) is 2. The molecule has 0 spiro atoms. The maximum atomic E-state index is 11.7. The average Bonchev–Trinajstić information content (AvgIpc) is 2.47. The minimum absolute atomic E-state index is 0.0554. The maximum absolute atomic E-state index is 11.7. The van der Waals surface area contributed by atoms with Gasteiger partial charge in [-0.3, -0.25) is 4.79 Å². The molecule has 1 amide bonds. The van der Waals surface area contributed by atoms with Gasteiger partial charge in [-0.15, -0.1) is 0 Å². The molecule has 0 bridgehead atoms. The van der Waals surface area contributed by atoms with Gasteiger partial charge < -0.3 is 10.6 Å². The first-order valence-electron chi connectivity index (χ1n) is 6.47. The van der Waals surface area contributed by atoms with Crippen molar-refractivity contribution in [2.45, 2.75) is 51.6 Å². The molecule has 1 aliphatic heterocycles. The van der Waals surface area contributed by atoms with Crippen molar-refractivity contribution in [2.24, 2.45) is 0 Å². The van der Waals surface area contributed by atoms with Crippen LogP contribution in [0.4, 0.5) is 0 Å². The van der Waals surface area contributed by atoms with Gasteiger partial charge in [0.25, 0.3) is 0 Å². The van der Waals surface area contributed by atoms with Crippen molar-refractivity contribution >= 4 is 15.7 Å². The molecule has 0 saturated carbocycles. The molecule has 0 aliphatic carbocycles. The smallest absolute Gasteiger partial charge is 0.220 e. The lowest BCUT2D eigenvalue weighted by Crippen LogP contribution is -2.47. The summed E-state index contributed by atoms with van der Waals surface area (Å²) < 4.78 is 22.8. The van der Waals surface area contributed by atoms with E-state index < -0.39 is 15.4 Å². The summed E-state index contributed by atoms with van der Waals surface area (Å²) in [5.74, 6) is 0.189. The number of amides is 1. The summed E-state index contributed by atoms with van der Waals surface area (Å²) in [5.41, 5.74) is -0.568. The van der Waals surface area contributed by atoms with E-state index >= 15 is 0 Å². The molecule has 1 heterocycles. The van der Waals surface area contributed by atoms with Gasteiger partial charge in [-0.2, -0.15) is 0 Å². The van der Waals surface area contributed by atoms with Crippen molar-refractivity contribution in [1.82, 2.24) is 10.6 Å². The van der Waals surface area contributed by atoms with Crippen LogP contribution in [0.5, 0.6) is 0 Å². The van der Waals surface area contributed by atoms with Gasteiger partial charge in [0.1, 0.15) is 0 Å². The monoisotopic (exact) mass is 276 g/mol. The zero-order chi connectivity index (χ0) is 13.8. The normalized spacial score (nSPS) is 26.4. The molecule has 1 aliphatic rings. The second-order valence-corrected chi connectivity index (χ2v) is 7.85.